The van der Waals surface area contributed by atoms with Crippen molar-refractivity contribution in [3.05, 3.63) is 35.9 Å². The molecule has 1 fully saturated rings. The van der Waals surface area contributed by atoms with E-state index in [0.29, 0.717) is 12.0 Å². The third kappa shape index (κ3) is 3.16. The quantitative estimate of drug-likeness (QED) is 0.815. The third-order valence-corrected chi connectivity index (χ3v) is 4.02. The summed E-state index contributed by atoms with van der Waals surface area (Å²) >= 11 is 0. The van der Waals surface area contributed by atoms with Gasteiger partial charge in [0, 0.05) is 25.6 Å². The maximum Gasteiger partial charge on any atom is 0.248 e. The Hall–Kier alpha value is -1.35. The molecule has 0 N–H and O–H groups in total. The number of rotatable bonds is 5. The van der Waals surface area contributed by atoms with Crippen LogP contribution in [0.2, 0.25) is 0 Å². The highest BCUT2D eigenvalue weighted by molar-refractivity contribution is 5.78. The Kier molecular flexibility index (Phi) is 4.97. The largest absolute Gasteiger partial charge is 0.375 e. The van der Waals surface area contributed by atoms with Crippen molar-refractivity contribution in [3.8, 4) is 0 Å². The molecule has 1 aliphatic rings. The molecule has 3 nitrogen and oxygen atoms in total. The van der Waals surface area contributed by atoms with Crippen LogP contribution >= 0.6 is 0 Å². The topological polar surface area (TPSA) is 29.5 Å². The first kappa shape index (κ1) is 14.1. The van der Waals surface area contributed by atoms with Gasteiger partial charge in [-0.1, -0.05) is 37.3 Å². The SMILES string of the molecule is CC[C@@H](c1ccccc1)[C@H]1CCCN1C(=O)COC. The van der Waals surface area contributed by atoms with Gasteiger partial charge in [0.15, 0.2) is 0 Å². The summed E-state index contributed by atoms with van der Waals surface area (Å²) in [6.45, 7) is 3.27. The number of methoxy groups -OCH3 is 1. The monoisotopic (exact) mass is 261 g/mol. The number of ether oxygens (including phenoxy) is 1. The van der Waals surface area contributed by atoms with Gasteiger partial charge in [-0.05, 0) is 24.8 Å². The van der Waals surface area contributed by atoms with Gasteiger partial charge in [0.05, 0.1) is 0 Å². The van der Waals surface area contributed by atoms with Crippen molar-refractivity contribution >= 4 is 5.91 Å². The molecule has 3 heteroatoms. The smallest absolute Gasteiger partial charge is 0.248 e. The molecular formula is C16H23NO2. The number of carbonyl (C=O) groups is 1. The van der Waals surface area contributed by atoms with Crippen molar-refractivity contribution in [1.82, 2.24) is 4.90 Å². The second-order valence-corrected chi connectivity index (χ2v) is 5.16. The molecule has 2 atom stereocenters. The number of hydrogen-bond acceptors (Lipinski definition) is 2. The van der Waals surface area contributed by atoms with E-state index in [4.69, 9.17) is 4.74 Å². The Morgan fingerprint density at radius 2 is 2.16 bits per heavy atom. The summed E-state index contributed by atoms with van der Waals surface area (Å²) in [4.78, 5) is 14.1. The predicted molar refractivity (Wildman–Crippen MR) is 76.1 cm³/mol. The summed E-state index contributed by atoms with van der Waals surface area (Å²) in [5, 5.41) is 0. The van der Waals surface area contributed by atoms with E-state index in [1.54, 1.807) is 7.11 Å². The highest BCUT2D eigenvalue weighted by Gasteiger charge is 2.34. The average molecular weight is 261 g/mol. The van der Waals surface area contributed by atoms with Crippen molar-refractivity contribution < 1.29 is 9.53 Å². The second-order valence-electron chi connectivity index (χ2n) is 5.16. The van der Waals surface area contributed by atoms with Crippen LogP contribution < -0.4 is 0 Å². The van der Waals surface area contributed by atoms with Gasteiger partial charge in [-0.2, -0.15) is 0 Å². The molecule has 1 aliphatic heterocycles. The fraction of sp³-hybridized carbons (Fsp3) is 0.562. The number of amides is 1. The summed E-state index contributed by atoms with van der Waals surface area (Å²) in [7, 11) is 1.58. The molecule has 19 heavy (non-hydrogen) atoms. The molecular weight excluding hydrogens is 238 g/mol. The Bertz CT molecular complexity index is 404. The molecule has 104 valence electrons. The number of nitrogens with zero attached hydrogens (tertiary/aromatic N) is 1. The molecule has 2 rings (SSSR count). The Balaban J connectivity index is 2.15. The lowest BCUT2D eigenvalue weighted by atomic mass is 9.87. The molecule has 1 aromatic carbocycles. The summed E-state index contributed by atoms with van der Waals surface area (Å²) in [6, 6.07) is 10.9. The predicted octanol–water partition coefficient (Wildman–Crippen LogP) is 2.82. The number of benzene rings is 1. The van der Waals surface area contributed by atoms with Gasteiger partial charge in [0.1, 0.15) is 6.61 Å². The molecule has 0 radical (unpaired) electrons. The zero-order chi connectivity index (χ0) is 13.7. The first-order valence-corrected chi connectivity index (χ1v) is 7.11. The van der Waals surface area contributed by atoms with Gasteiger partial charge < -0.3 is 9.64 Å². The molecule has 0 bridgehead atoms. The molecule has 1 heterocycles. The van der Waals surface area contributed by atoms with E-state index < -0.39 is 0 Å². The van der Waals surface area contributed by atoms with Gasteiger partial charge in [-0.3, -0.25) is 4.79 Å². The zero-order valence-corrected chi connectivity index (χ0v) is 11.8. The number of carbonyl (C=O) groups excluding carboxylic acids is 1. The Labute approximate surface area is 115 Å². The molecule has 1 aromatic rings. The van der Waals surface area contributed by atoms with Crippen LogP contribution in [0.5, 0.6) is 0 Å². The average Bonchev–Trinajstić information content (AvgIpc) is 2.90. The second kappa shape index (κ2) is 6.71. The van der Waals surface area contributed by atoms with Crippen LogP contribution in [0.1, 0.15) is 37.7 Å². The zero-order valence-electron chi connectivity index (χ0n) is 11.8. The molecule has 1 saturated heterocycles. The van der Waals surface area contributed by atoms with E-state index in [1.165, 1.54) is 5.56 Å². The first-order chi connectivity index (χ1) is 9.27. The van der Waals surface area contributed by atoms with Crippen molar-refractivity contribution in [2.24, 2.45) is 0 Å². The lowest BCUT2D eigenvalue weighted by Gasteiger charge is -2.31. The van der Waals surface area contributed by atoms with Gasteiger partial charge in [0.2, 0.25) is 5.91 Å². The van der Waals surface area contributed by atoms with E-state index in [1.807, 2.05) is 11.0 Å². The number of hydrogen-bond donors (Lipinski definition) is 0. The fourth-order valence-corrected chi connectivity index (χ4v) is 3.16. The van der Waals surface area contributed by atoms with Gasteiger partial charge in [0.25, 0.3) is 0 Å². The maximum atomic E-state index is 12.1. The fourth-order valence-electron chi connectivity index (χ4n) is 3.16. The van der Waals surface area contributed by atoms with Crippen molar-refractivity contribution in [2.75, 3.05) is 20.3 Å². The minimum atomic E-state index is 0.124. The molecule has 0 spiro atoms. The summed E-state index contributed by atoms with van der Waals surface area (Å²) in [6.07, 6.45) is 3.26. The van der Waals surface area contributed by atoms with Gasteiger partial charge >= 0.3 is 0 Å². The van der Waals surface area contributed by atoms with Crippen LogP contribution in [0.15, 0.2) is 30.3 Å². The Morgan fingerprint density at radius 1 is 1.42 bits per heavy atom. The molecule has 0 saturated carbocycles. The minimum absolute atomic E-state index is 0.124. The molecule has 1 amide bonds. The van der Waals surface area contributed by atoms with Crippen molar-refractivity contribution in [2.45, 2.75) is 38.1 Å². The molecule has 0 aliphatic carbocycles. The summed E-state index contributed by atoms with van der Waals surface area (Å²) < 4.78 is 4.99. The lowest BCUT2D eigenvalue weighted by Crippen LogP contribution is -2.40. The molecule has 0 aromatic heterocycles. The minimum Gasteiger partial charge on any atom is -0.375 e. The van der Waals surface area contributed by atoms with Gasteiger partial charge in [-0.15, -0.1) is 0 Å². The van der Waals surface area contributed by atoms with Crippen LogP contribution in [0, 0.1) is 0 Å². The first-order valence-electron chi connectivity index (χ1n) is 7.11. The Morgan fingerprint density at radius 3 is 2.79 bits per heavy atom. The highest BCUT2D eigenvalue weighted by Crippen LogP contribution is 2.33. The maximum absolute atomic E-state index is 12.1. The van der Waals surface area contributed by atoms with Crippen molar-refractivity contribution in [3.63, 3.8) is 0 Å². The van der Waals surface area contributed by atoms with Crippen LogP contribution in [-0.4, -0.2) is 37.1 Å². The normalized spacial score (nSPS) is 20.5. The van der Waals surface area contributed by atoms with Gasteiger partial charge in [-0.25, -0.2) is 0 Å². The van der Waals surface area contributed by atoms with Crippen LogP contribution in [0.25, 0.3) is 0 Å². The lowest BCUT2D eigenvalue weighted by molar-refractivity contribution is -0.136. The standard InChI is InChI=1S/C16H23NO2/c1-3-14(13-8-5-4-6-9-13)15-10-7-11-17(15)16(18)12-19-2/h4-6,8-9,14-15H,3,7,10-12H2,1-2H3/t14-,15+/m0/s1. The van der Waals surface area contributed by atoms with E-state index in [9.17, 15) is 4.79 Å². The van der Waals surface area contributed by atoms with Crippen molar-refractivity contribution in [1.29, 1.82) is 0 Å². The van der Waals surface area contributed by atoms with E-state index in [2.05, 4.69) is 31.2 Å². The van der Waals surface area contributed by atoms with E-state index >= 15 is 0 Å². The summed E-state index contributed by atoms with van der Waals surface area (Å²) in [5.74, 6) is 0.559. The van der Waals surface area contributed by atoms with E-state index in [0.717, 1.165) is 25.8 Å². The highest BCUT2D eigenvalue weighted by atomic mass is 16.5. The van der Waals surface area contributed by atoms with Crippen LogP contribution in [0.4, 0.5) is 0 Å². The van der Waals surface area contributed by atoms with E-state index in [-0.39, 0.29) is 12.5 Å². The molecule has 0 unspecified atom stereocenters. The van der Waals surface area contributed by atoms with Crippen LogP contribution in [-0.2, 0) is 9.53 Å². The summed E-state index contributed by atoms with van der Waals surface area (Å²) in [5.41, 5.74) is 1.34. The van der Waals surface area contributed by atoms with Crippen LogP contribution in [0.3, 0.4) is 0 Å². The third-order valence-electron chi connectivity index (χ3n) is 4.02. The number of likely N-dealkylation sites (tertiary alicyclic amines) is 1.